The van der Waals surface area contributed by atoms with Gasteiger partial charge in [0.2, 0.25) is 0 Å². The summed E-state index contributed by atoms with van der Waals surface area (Å²) in [6, 6.07) is 10.2. The molecule has 1 aromatic heterocycles. The Labute approximate surface area is 104 Å². The molecule has 5 heteroatoms. The van der Waals surface area contributed by atoms with Crippen LogP contribution in [0, 0.1) is 5.21 Å². The van der Waals surface area contributed by atoms with E-state index in [4.69, 9.17) is 0 Å². The summed E-state index contributed by atoms with van der Waals surface area (Å²) in [7, 11) is 0. The zero-order valence-electron chi connectivity index (χ0n) is 9.41. The van der Waals surface area contributed by atoms with Crippen molar-refractivity contribution in [1.82, 2.24) is 4.98 Å². The Hall–Kier alpha value is -2.69. The van der Waals surface area contributed by atoms with Crippen LogP contribution in [0.4, 0.5) is 5.69 Å². The first-order valence-electron chi connectivity index (χ1n) is 5.27. The third-order valence-corrected chi connectivity index (χ3v) is 2.34. The van der Waals surface area contributed by atoms with E-state index in [1.54, 1.807) is 48.8 Å². The molecule has 1 amide bonds. The van der Waals surface area contributed by atoms with Crippen molar-refractivity contribution in [3.63, 3.8) is 0 Å². The van der Waals surface area contributed by atoms with Crippen LogP contribution in [-0.4, -0.2) is 17.1 Å². The van der Waals surface area contributed by atoms with Crippen LogP contribution in [-0.2, 0) is 0 Å². The Morgan fingerprint density at radius 2 is 1.94 bits per heavy atom. The highest BCUT2D eigenvalue weighted by Gasteiger charge is 2.07. The first kappa shape index (κ1) is 11.8. The summed E-state index contributed by atoms with van der Waals surface area (Å²) >= 11 is 0. The molecule has 1 aromatic carbocycles. The normalized spacial score (nSPS) is 10.4. The van der Waals surface area contributed by atoms with E-state index in [1.807, 2.05) is 0 Å². The number of benzene rings is 1. The summed E-state index contributed by atoms with van der Waals surface area (Å²) in [4.78, 5) is 15.7. The topological polar surface area (TPSA) is 77.4 Å². The Morgan fingerprint density at radius 1 is 1.22 bits per heavy atom. The maximum absolute atomic E-state index is 11.9. The highest BCUT2D eigenvalue weighted by Crippen LogP contribution is 2.14. The van der Waals surface area contributed by atoms with Crippen molar-refractivity contribution in [1.29, 1.82) is 0 Å². The van der Waals surface area contributed by atoms with Crippen molar-refractivity contribution in [3.05, 3.63) is 65.1 Å². The van der Waals surface area contributed by atoms with Crippen LogP contribution in [0.25, 0.3) is 0 Å². The van der Waals surface area contributed by atoms with Crippen molar-refractivity contribution < 1.29 is 4.79 Å². The maximum atomic E-state index is 11.9. The Bertz CT molecular complexity index is 567. The summed E-state index contributed by atoms with van der Waals surface area (Å²) in [5.41, 5.74) is 1.60. The number of nitrogens with one attached hydrogen (secondary N) is 1. The van der Waals surface area contributed by atoms with Gasteiger partial charge in [0.15, 0.2) is 0 Å². The molecule has 2 rings (SSSR count). The minimum Gasteiger partial charge on any atom is -0.792 e. The first-order chi connectivity index (χ1) is 8.81. The van der Waals surface area contributed by atoms with Gasteiger partial charge in [-0.25, -0.2) is 0 Å². The predicted octanol–water partition coefficient (Wildman–Crippen LogP) is 2.25. The van der Waals surface area contributed by atoms with Crippen LogP contribution in [0.15, 0.2) is 53.9 Å². The van der Waals surface area contributed by atoms with Crippen LogP contribution in [0.5, 0.6) is 0 Å². The fourth-order valence-corrected chi connectivity index (χ4v) is 1.48. The molecule has 2 aromatic rings. The molecule has 0 saturated carbocycles. The second kappa shape index (κ2) is 5.58. The second-order valence-corrected chi connectivity index (χ2v) is 3.51. The van der Waals surface area contributed by atoms with Gasteiger partial charge in [-0.2, -0.15) is 0 Å². The monoisotopic (exact) mass is 240 g/mol. The molecule has 0 fully saturated rings. The average Bonchev–Trinajstić information content (AvgIpc) is 2.42. The van der Waals surface area contributed by atoms with E-state index < -0.39 is 0 Å². The van der Waals surface area contributed by atoms with Gasteiger partial charge in [0.25, 0.3) is 5.91 Å². The third-order valence-electron chi connectivity index (χ3n) is 2.34. The summed E-state index contributed by atoms with van der Waals surface area (Å²) in [5, 5.41) is 15.7. The molecule has 0 atom stereocenters. The van der Waals surface area contributed by atoms with Gasteiger partial charge < -0.3 is 15.7 Å². The van der Waals surface area contributed by atoms with Crippen LogP contribution >= 0.6 is 0 Å². The van der Waals surface area contributed by atoms with Gasteiger partial charge in [-0.15, -0.1) is 0 Å². The maximum Gasteiger partial charge on any atom is 0.255 e. The number of nitrogens with zero attached hydrogens (tertiary/aromatic N) is 2. The number of anilines is 1. The fraction of sp³-hybridized carbons (Fsp3) is 0. The molecular formula is C13H10N3O2-. The van der Waals surface area contributed by atoms with E-state index in [-0.39, 0.29) is 5.91 Å². The number of carbonyl (C=O) groups excluding carboxylic acids is 1. The molecule has 0 radical (unpaired) electrons. The van der Waals surface area contributed by atoms with Gasteiger partial charge in [0, 0.05) is 35.4 Å². The van der Waals surface area contributed by atoms with Gasteiger partial charge in [0.05, 0.1) is 0 Å². The van der Waals surface area contributed by atoms with E-state index >= 15 is 0 Å². The smallest absolute Gasteiger partial charge is 0.255 e. The summed E-state index contributed by atoms with van der Waals surface area (Å²) in [5.74, 6) is -0.260. The van der Waals surface area contributed by atoms with Crippen molar-refractivity contribution in [2.75, 3.05) is 5.32 Å². The molecule has 1 heterocycles. The van der Waals surface area contributed by atoms with E-state index in [2.05, 4.69) is 15.5 Å². The predicted molar refractivity (Wildman–Crippen MR) is 69.6 cm³/mol. The van der Waals surface area contributed by atoms with Crippen LogP contribution in [0.3, 0.4) is 0 Å². The second-order valence-electron chi connectivity index (χ2n) is 3.51. The lowest BCUT2D eigenvalue weighted by molar-refractivity contribution is 0.102. The average molecular weight is 240 g/mol. The molecule has 0 aliphatic carbocycles. The minimum absolute atomic E-state index is 0.260. The number of amides is 1. The van der Waals surface area contributed by atoms with Crippen molar-refractivity contribution in [2.24, 2.45) is 5.16 Å². The van der Waals surface area contributed by atoms with E-state index in [0.717, 1.165) is 6.21 Å². The van der Waals surface area contributed by atoms with Crippen molar-refractivity contribution >= 4 is 17.8 Å². The lowest BCUT2D eigenvalue weighted by Gasteiger charge is -2.08. The van der Waals surface area contributed by atoms with Gasteiger partial charge in [0.1, 0.15) is 0 Å². The molecule has 90 valence electrons. The van der Waals surface area contributed by atoms with E-state index in [0.29, 0.717) is 16.8 Å². The highest BCUT2D eigenvalue weighted by atomic mass is 16.4. The molecule has 18 heavy (non-hydrogen) atoms. The summed E-state index contributed by atoms with van der Waals surface area (Å²) < 4.78 is 0. The molecule has 1 N–H and O–H groups in total. The van der Waals surface area contributed by atoms with E-state index in [1.165, 1.54) is 0 Å². The zero-order chi connectivity index (χ0) is 12.8. The summed E-state index contributed by atoms with van der Waals surface area (Å²) in [6.07, 6.45) is 4.24. The number of rotatable bonds is 3. The Balaban J connectivity index is 2.22. The van der Waals surface area contributed by atoms with Crippen molar-refractivity contribution in [3.8, 4) is 0 Å². The Kier molecular flexibility index (Phi) is 3.66. The molecule has 5 nitrogen and oxygen atoms in total. The largest absolute Gasteiger partial charge is 0.792 e. The van der Waals surface area contributed by atoms with E-state index in [9.17, 15) is 10.0 Å². The third kappa shape index (κ3) is 2.70. The number of para-hydroxylation sites is 1. The van der Waals surface area contributed by atoms with Crippen molar-refractivity contribution in [2.45, 2.75) is 0 Å². The Morgan fingerprint density at radius 3 is 2.67 bits per heavy atom. The lowest BCUT2D eigenvalue weighted by atomic mass is 10.2. The number of pyridine rings is 1. The quantitative estimate of drug-likeness (QED) is 0.660. The molecular weight excluding hydrogens is 230 g/mol. The molecule has 0 aliphatic heterocycles. The standard InChI is InChI=1S/C13H11N3O2/c17-13(10-5-7-14-8-6-10)16-12-4-2-1-3-11(12)9-15-18/h1-9,18H,(H,16,17)/p-1/b15-9-. The zero-order valence-corrected chi connectivity index (χ0v) is 9.41. The van der Waals surface area contributed by atoms with Crippen LogP contribution < -0.4 is 5.32 Å². The number of aromatic nitrogens is 1. The molecule has 0 spiro atoms. The highest BCUT2D eigenvalue weighted by molar-refractivity contribution is 6.06. The number of hydrogen-bond acceptors (Lipinski definition) is 4. The van der Waals surface area contributed by atoms with Gasteiger partial charge in [-0.1, -0.05) is 18.2 Å². The minimum atomic E-state index is -0.260. The molecule has 0 bridgehead atoms. The summed E-state index contributed by atoms with van der Waals surface area (Å²) in [6.45, 7) is 0. The fourth-order valence-electron chi connectivity index (χ4n) is 1.48. The van der Waals surface area contributed by atoms with Crippen LogP contribution in [0.1, 0.15) is 15.9 Å². The van der Waals surface area contributed by atoms with Gasteiger partial charge >= 0.3 is 0 Å². The van der Waals surface area contributed by atoms with Gasteiger partial charge in [-0.05, 0) is 18.2 Å². The molecule has 0 saturated heterocycles. The number of carbonyl (C=O) groups is 1. The molecule has 0 aliphatic rings. The lowest BCUT2D eigenvalue weighted by Crippen LogP contribution is -2.13. The van der Waals surface area contributed by atoms with Gasteiger partial charge in [-0.3, -0.25) is 9.78 Å². The first-order valence-corrected chi connectivity index (χ1v) is 5.27. The van der Waals surface area contributed by atoms with Crippen LogP contribution in [0.2, 0.25) is 0 Å². The molecule has 0 unspecified atom stereocenters. The number of hydrogen-bond donors (Lipinski definition) is 1. The SMILES string of the molecule is O=C(Nc1ccccc1/C=N\[O-])c1ccncc1.